The first-order valence-electron chi connectivity index (χ1n) is 5.69. The van der Waals surface area contributed by atoms with Crippen LogP contribution in [0.1, 0.15) is 24.2 Å². The molecule has 0 saturated carbocycles. The molecule has 1 aromatic rings. The number of ketones is 1. The van der Waals surface area contributed by atoms with Gasteiger partial charge in [-0.3, -0.25) is 4.79 Å². The van der Waals surface area contributed by atoms with Crippen molar-refractivity contribution in [1.82, 2.24) is 0 Å². The number of hydrogen-bond donors (Lipinski definition) is 1. The molecule has 1 aromatic carbocycles. The molecular formula is C13H16O5. The standard InChI is InChI=1S/C13H16O5/c1-3-17-13(12(15)16,18-4-2)11(14)10-8-6-5-7-9-10/h5-9H,3-4H2,1-2H3,(H,15,16). The van der Waals surface area contributed by atoms with Crippen LogP contribution in [0.15, 0.2) is 30.3 Å². The SMILES string of the molecule is CCOC(OCC)(C(=O)O)C(=O)c1ccccc1. The van der Waals surface area contributed by atoms with Gasteiger partial charge in [-0.25, -0.2) is 4.79 Å². The van der Waals surface area contributed by atoms with Crippen molar-refractivity contribution in [3.05, 3.63) is 35.9 Å². The number of benzene rings is 1. The molecule has 0 atom stereocenters. The Kier molecular flexibility index (Phi) is 5.00. The Hall–Kier alpha value is -1.72. The fourth-order valence-corrected chi connectivity index (χ4v) is 1.58. The van der Waals surface area contributed by atoms with E-state index in [0.717, 1.165) is 0 Å². The summed E-state index contributed by atoms with van der Waals surface area (Å²) >= 11 is 0. The van der Waals surface area contributed by atoms with Crippen LogP contribution in [0, 0.1) is 0 Å². The van der Waals surface area contributed by atoms with E-state index in [2.05, 4.69) is 0 Å². The number of carboxylic acids is 1. The van der Waals surface area contributed by atoms with Crippen LogP contribution in [-0.4, -0.2) is 35.9 Å². The number of hydrogen-bond acceptors (Lipinski definition) is 4. The van der Waals surface area contributed by atoms with Gasteiger partial charge >= 0.3 is 11.8 Å². The highest BCUT2D eigenvalue weighted by Gasteiger charge is 2.49. The van der Waals surface area contributed by atoms with Gasteiger partial charge in [-0.15, -0.1) is 0 Å². The maximum atomic E-state index is 12.3. The van der Waals surface area contributed by atoms with Crippen molar-refractivity contribution in [1.29, 1.82) is 0 Å². The second-order valence-corrected chi connectivity index (χ2v) is 3.48. The van der Waals surface area contributed by atoms with Gasteiger partial charge in [-0.05, 0) is 13.8 Å². The first kappa shape index (κ1) is 14.3. The zero-order valence-electron chi connectivity index (χ0n) is 10.4. The molecule has 0 spiro atoms. The van der Waals surface area contributed by atoms with Crippen molar-refractivity contribution in [2.45, 2.75) is 19.6 Å². The molecule has 5 nitrogen and oxygen atoms in total. The quantitative estimate of drug-likeness (QED) is 0.454. The average molecular weight is 252 g/mol. The molecule has 0 aliphatic rings. The van der Waals surface area contributed by atoms with Crippen molar-refractivity contribution < 1.29 is 24.2 Å². The molecule has 18 heavy (non-hydrogen) atoms. The van der Waals surface area contributed by atoms with E-state index in [1.807, 2.05) is 0 Å². The van der Waals surface area contributed by atoms with E-state index >= 15 is 0 Å². The molecule has 0 bridgehead atoms. The van der Waals surface area contributed by atoms with Gasteiger partial charge in [0, 0.05) is 18.8 Å². The summed E-state index contributed by atoms with van der Waals surface area (Å²) in [7, 11) is 0. The molecule has 0 unspecified atom stereocenters. The predicted octanol–water partition coefficient (Wildman–Crippen LogP) is 1.72. The molecule has 0 aromatic heterocycles. The van der Waals surface area contributed by atoms with Crippen LogP contribution in [-0.2, 0) is 14.3 Å². The van der Waals surface area contributed by atoms with Crippen LogP contribution in [0.2, 0.25) is 0 Å². The summed E-state index contributed by atoms with van der Waals surface area (Å²) in [5.41, 5.74) is 0.238. The van der Waals surface area contributed by atoms with Crippen LogP contribution in [0.3, 0.4) is 0 Å². The first-order chi connectivity index (χ1) is 8.58. The van der Waals surface area contributed by atoms with Gasteiger partial charge < -0.3 is 14.6 Å². The van der Waals surface area contributed by atoms with Crippen LogP contribution in [0.4, 0.5) is 0 Å². The minimum atomic E-state index is -2.26. The van der Waals surface area contributed by atoms with Gasteiger partial charge in [0.15, 0.2) is 0 Å². The van der Waals surface area contributed by atoms with Gasteiger partial charge in [0.05, 0.1) is 0 Å². The third-order valence-electron chi connectivity index (χ3n) is 2.31. The monoisotopic (exact) mass is 252 g/mol. The smallest absolute Gasteiger partial charge is 0.373 e. The Labute approximate surface area is 105 Å². The van der Waals surface area contributed by atoms with Gasteiger partial charge in [0.2, 0.25) is 5.78 Å². The van der Waals surface area contributed by atoms with E-state index in [-0.39, 0.29) is 18.8 Å². The Morgan fingerprint density at radius 3 is 2.00 bits per heavy atom. The summed E-state index contributed by atoms with van der Waals surface area (Å²) in [5.74, 6) is -4.41. The Morgan fingerprint density at radius 2 is 1.61 bits per heavy atom. The maximum Gasteiger partial charge on any atom is 0.373 e. The fraction of sp³-hybridized carbons (Fsp3) is 0.385. The fourth-order valence-electron chi connectivity index (χ4n) is 1.58. The van der Waals surface area contributed by atoms with E-state index in [9.17, 15) is 14.7 Å². The van der Waals surface area contributed by atoms with Crippen LogP contribution in [0.5, 0.6) is 0 Å². The highest BCUT2D eigenvalue weighted by molar-refractivity contribution is 6.13. The molecule has 1 N–H and O–H groups in total. The summed E-state index contributed by atoms with van der Waals surface area (Å²) < 4.78 is 10.2. The van der Waals surface area contributed by atoms with E-state index in [1.54, 1.807) is 32.0 Å². The van der Waals surface area contributed by atoms with E-state index in [1.165, 1.54) is 12.1 Å². The summed E-state index contributed by atoms with van der Waals surface area (Å²) in [6.07, 6.45) is 0. The van der Waals surface area contributed by atoms with Crippen molar-refractivity contribution >= 4 is 11.8 Å². The minimum Gasteiger partial charge on any atom is -0.477 e. The van der Waals surface area contributed by atoms with E-state index < -0.39 is 17.5 Å². The second-order valence-electron chi connectivity index (χ2n) is 3.48. The highest BCUT2D eigenvalue weighted by Crippen LogP contribution is 2.20. The van der Waals surface area contributed by atoms with Crippen molar-refractivity contribution in [3.63, 3.8) is 0 Å². The topological polar surface area (TPSA) is 72.8 Å². The number of aliphatic carboxylic acids is 1. The van der Waals surface area contributed by atoms with E-state index in [4.69, 9.17) is 9.47 Å². The van der Waals surface area contributed by atoms with Crippen LogP contribution >= 0.6 is 0 Å². The Balaban J connectivity index is 3.17. The lowest BCUT2D eigenvalue weighted by Crippen LogP contribution is -2.51. The zero-order chi connectivity index (χ0) is 13.6. The average Bonchev–Trinajstić information content (AvgIpc) is 2.38. The van der Waals surface area contributed by atoms with Crippen molar-refractivity contribution in [3.8, 4) is 0 Å². The van der Waals surface area contributed by atoms with Crippen molar-refractivity contribution in [2.75, 3.05) is 13.2 Å². The third-order valence-corrected chi connectivity index (χ3v) is 2.31. The number of carboxylic acid groups (broad SMARTS) is 1. The lowest BCUT2D eigenvalue weighted by atomic mass is 10.0. The highest BCUT2D eigenvalue weighted by atomic mass is 16.7. The maximum absolute atomic E-state index is 12.3. The molecule has 98 valence electrons. The molecular weight excluding hydrogens is 236 g/mol. The summed E-state index contributed by atoms with van der Waals surface area (Å²) in [6, 6.07) is 8.09. The number of ether oxygens (including phenoxy) is 2. The third kappa shape index (κ3) is 2.75. The van der Waals surface area contributed by atoms with Crippen molar-refractivity contribution in [2.24, 2.45) is 0 Å². The molecule has 0 aliphatic carbocycles. The largest absolute Gasteiger partial charge is 0.477 e. The van der Waals surface area contributed by atoms with E-state index in [0.29, 0.717) is 0 Å². The zero-order valence-corrected chi connectivity index (χ0v) is 10.4. The lowest BCUT2D eigenvalue weighted by Gasteiger charge is -2.27. The first-order valence-corrected chi connectivity index (χ1v) is 5.69. The summed E-state index contributed by atoms with van der Waals surface area (Å²) in [6.45, 7) is 3.33. The lowest BCUT2D eigenvalue weighted by molar-refractivity contribution is -0.217. The Bertz CT molecular complexity index is 407. The molecule has 0 fully saturated rings. The van der Waals surface area contributed by atoms with Gasteiger partial charge in [-0.2, -0.15) is 0 Å². The summed E-state index contributed by atoms with van der Waals surface area (Å²) in [5, 5.41) is 9.25. The Morgan fingerprint density at radius 1 is 1.11 bits per heavy atom. The van der Waals surface area contributed by atoms with Crippen LogP contribution in [0.25, 0.3) is 0 Å². The molecule has 5 heteroatoms. The van der Waals surface area contributed by atoms with Crippen LogP contribution < -0.4 is 0 Å². The molecule has 0 saturated heterocycles. The number of Topliss-reactive ketones (excluding diaryl/α,β-unsaturated/α-hetero) is 1. The minimum absolute atomic E-state index is 0.0604. The number of rotatable bonds is 7. The summed E-state index contributed by atoms with van der Waals surface area (Å²) in [4.78, 5) is 23.6. The number of carbonyl (C=O) groups excluding carboxylic acids is 1. The molecule has 0 heterocycles. The molecule has 0 aliphatic heterocycles. The molecule has 0 radical (unpaired) electrons. The second kappa shape index (κ2) is 6.28. The molecule has 0 amide bonds. The van der Waals surface area contributed by atoms with Gasteiger partial charge in [0.25, 0.3) is 0 Å². The van der Waals surface area contributed by atoms with Gasteiger partial charge in [-0.1, -0.05) is 30.3 Å². The normalized spacial score (nSPS) is 11.2. The van der Waals surface area contributed by atoms with Gasteiger partial charge in [0.1, 0.15) is 0 Å². The predicted molar refractivity (Wildman–Crippen MR) is 64.4 cm³/mol. The number of carbonyl (C=O) groups is 2. The molecule has 1 rings (SSSR count).